The predicted octanol–water partition coefficient (Wildman–Crippen LogP) is 5.27. The fourth-order valence-corrected chi connectivity index (χ4v) is 5.72. The van der Waals surface area contributed by atoms with Gasteiger partial charge in [-0.05, 0) is 43.2 Å². The number of rotatable bonds is 3. The number of nitrogens with zero attached hydrogens (tertiary/aromatic N) is 1. The van der Waals surface area contributed by atoms with Crippen molar-refractivity contribution in [3.63, 3.8) is 0 Å². The van der Waals surface area contributed by atoms with E-state index in [1.54, 1.807) is 42.5 Å². The summed E-state index contributed by atoms with van der Waals surface area (Å²) in [7, 11) is -3.80. The Morgan fingerprint density at radius 3 is 2.33 bits per heavy atom. The van der Waals surface area contributed by atoms with Crippen molar-refractivity contribution >= 4 is 33.0 Å². The third-order valence-corrected chi connectivity index (χ3v) is 7.63. The van der Waals surface area contributed by atoms with Gasteiger partial charge in [0.15, 0.2) is 0 Å². The standard InChI is InChI=1S/C18H15Cl2NO2S/c1-12-3-6-14(7-4-12)24(22,23)18(21-2)10-9-16(18)15-8-5-13(19)11-17(15)20/h3-8,11,16H,9-10H2,1H3. The highest BCUT2D eigenvalue weighted by Gasteiger charge is 2.65. The van der Waals surface area contributed by atoms with Crippen LogP contribution in [0.25, 0.3) is 4.85 Å². The van der Waals surface area contributed by atoms with Crippen molar-refractivity contribution < 1.29 is 8.42 Å². The first-order chi connectivity index (χ1) is 11.3. The van der Waals surface area contributed by atoms with Gasteiger partial charge in [-0.15, -0.1) is 0 Å². The van der Waals surface area contributed by atoms with Crippen molar-refractivity contribution in [1.29, 1.82) is 0 Å². The molecule has 24 heavy (non-hydrogen) atoms. The molecular weight excluding hydrogens is 365 g/mol. The Balaban J connectivity index is 2.10. The second kappa shape index (κ2) is 6.07. The first-order valence-corrected chi connectivity index (χ1v) is 9.70. The van der Waals surface area contributed by atoms with Crippen LogP contribution in [0.3, 0.4) is 0 Å². The molecule has 1 saturated carbocycles. The van der Waals surface area contributed by atoms with Crippen molar-refractivity contribution in [2.24, 2.45) is 0 Å². The average Bonchev–Trinajstić information content (AvgIpc) is 2.50. The van der Waals surface area contributed by atoms with Gasteiger partial charge in [0.05, 0.1) is 10.8 Å². The van der Waals surface area contributed by atoms with Crippen LogP contribution in [0, 0.1) is 13.5 Å². The lowest BCUT2D eigenvalue weighted by atomic mass is 9.74. The van der Waals surface area contributed by atoms with Crippen molar-refractivity contribution in [3.05, 3.63) is 75.1 Å². The van der Waals surface area contributed by atoms with Gasteiger partial charge in [-0.3, -0.25) is 4.85 Å². The van der Waals surface area contributed by atoms with E-state index in [9.17, 15) is 8.42 Å². The normalized spacial score (nSPS) is 23.3. The Morgan fingerprint density at radius 1 is 1.17 bits per heavy atom. The largest absolute Gasteiger partial charge is 0.340 e. The summed E-state index contributed by atoms with van der Waals surface area (Å²) in [5.74, 6) is -0.453. The average molecular weight is 380 g/mol. The fourth-order valence-electron chi connectivity index (χ4n) is 3.16. The quantitative estimate of drug-likeness (QED) is 0.681. The van der Waals surface area contributed by atoms with Gasteiger partial charge in [0.1, 0.15) is 0 Å². The van der Waals surface area contributed by atoms with E-state index in [2.05, 4.69) is 4.85 Å². The van der Waals surface area contributed by atoms with Crippen LogP contribution in [0.5, 0.6) is 0 Å². The van der Waals surface area contributed by atoms with E-state index in [1.807, 2.05) is 6.92 Å². The van der Waals surface area contributed by atoms with Crippen LogP contribution in [-0.4, -0.2) is 13.3 Å². The smallest absolute Gasteiger partial charge is 0.292 e. The second-order valence-electron chi connectivity index (χ2n) is 6.03. The number of sulfone groups is 1. The molecule has 0 aromatic heterocycles. The molecule has 0 saturated heterocycles. The molecule has 0 radical (unpaired) electrons. The molecule has 3 rings (SSSR count). The monoisotopic (exact) mass is 379 g/mol. The van der Waals surface area contributed by atoms with Gasteiger partial charge in [0.2, 0.25) is 0 Å². The van der Waals surface area contributed by atoms with Gasteiger partial charge in [-0.25, -0.2) is 15.0 Å². The molecule has 2 unspecified atom stereocenters. The highest BCUT2D eigenvalue weighted by molar-refractivity contribution is 7.93. The van der Waals surface area contributed by atoms with Crippen molar-refractivity contribution in [2.75, 3.05) is 0 Å². The first kappa shape index (κ1) is 17.3. The summed E-state index contributed by atoms with van der Waals surface area (Å²) < 4.78 is 26.3. The summed E-state index contributed by atoms with van der Waals surface area (Å²) in [5, 5.41) is 0.886. The Bertz CT molecular complexity index is 932. The van der Waals surface area contributed by atoms with Gasteiger partial charge in [-0.2, -0.15) is 0 Å². The number of halogens is 2. The van der Waals surface area contributed by atoms with Gasteiger partial charge >= 0.3 is 4.87 Å². The van der Waals surface area contributed by atoms with Crippen LogP contribution in [0.4, 0.5) is 0 Å². The highest BCUT2D eigenvalue weighted by atomic mass is 35.5. The minimum atomic E-state index is -3.80. The number of hydrogen-bond acceptors (Lipinski definition) is 2. The summed E-state index contributed by atoms with van der Waals surface area (Å²) in [6.07, 6.45) is 0.908. The number of aryl methyl sites for hydroxylation is 1. The molecule has 1 fully saturated rings. The summed E-state index contributed by atoms with van der Waals surface area (Å²) in [5.41, 5.74) is 1.63. The van der Waals surface area contributed by atoms with E-state index >= 15 is 0 Å². The zero-order chi connectivity index (χ0) is 17.5. The zero-order valence-electron chi connectivity index (χ0n) is 13.0. The number of hydrogen-bond donors (Lipinski definition) is 0. The maximum absolute atomic E-state index is 13.2. The fraction of sp³-hybridized carbons (Fsp3) is 0.278. The topological polar surface area (TPSA) is 38.5 Å². The number of benzene rings is 2. The van der Waals surface area contributed by atoms with Crippen LogP contribution >= 0.6 is 23.2 Å². The van der Waals surface area contributed by atoms with Crippen LogP contribution in [0.15, 0.2) is 47.4 Å². The molecule has 2 atom stereocenters. The SMILES string of the molecule is [C-]#[N+]C1(S(=O)(=O)c2ccc(C)cc2)CCC1c1ccc(Cl)cc1Cl. The Hall–Kier alpha value is -1.54. The third-order valence-electron chi connectivity index (χ3n) is 4.66. The van der Waals surface area contributed by atoms with E-state index in [0.717, 1.165) is 5.56 Å². The van der Waals surface area contributed by atoms with Crippen LogP contribution in [0.1, 0.15) is 29.9 Å². The second-order valence-corrected chi connectivity index (χ2v) is 9.06. The molecular formula is C18H15Cl2NO2S. The maximum Gasteiger partial charge on any atom is 0.340 e. The molecule has 2 aromatic carbocycles. The summed E-state index contributed by atoms with van der Waals surface area (Å²) in [4.78, 5) is 2.27. The molecule has 0 aliphatic heterocycles. The minimum Gasteiger partial charge on any atom is -0.292 e. The van der Waals surface area contributed by atoms with Crippen molar-refractivity contribution in [3.8, 4) is 0 Å². The lowest BCUT2D eigenvalue weighted by Crippen LogP contribution is -2.49. The lowest BCUT2D eigenvalue weighted by molar-refractivity contribution is 0.331. The molecule has 124 valence electrons. The summed E-state index contributed by atoms with van der Waals surface area (Å²) >= 11 is 12.2. The summed E-state index contributed by atoms with van der Waals surface area (Å²) in [6.45, 7) is 9.51. The van der Waals surface area contributed by atoms with E-state index in [1.165, 1.54) is 0 Å². The van der Waals surface area contributed by atoms with Gasteiger partial charge in [0.25, 0.3) is 9.84 Å². The molecule has 2 aromatic rings. The molecule has 0 heterocycles. The van der Waals surface area contributed by atoms with Gasteiger partial charge in [0, 0.05) is 16.5 Å². The van der Waals surface area contributed by atoms with Crippen molar-refractivity contribution in [1.82, 2.24) is 0 Å². The van der Waals surface area contributed by atoms with Crippen LogP contribution in [-0.2, 0) is 9.84 Å². The first-order valence-electron chi connectivity index (χ1n) is 7.47. The lowest BCUT2D eigenvalue weighted by Gasteiger charge is -2.39. The third kappa shape index (κ3) is 2.52. The molecule has 0 amide bonds. The molecule has 3 nitrogen and oxygen atoms in total. The van der Waals surface area contributed by atoms with Gasteiger partial charge in [-0.1, -0.05) is 47.0 Å². The molecule has 0 bridgehead atoms. The van der Waals surface area contributed by atoms with Crippen LogP contribution < -0.4 is 0 Å². The minimum absolute atomic E-state index is 0.180. The highest BCUT2D eigenvalue weighted by Crippen LogP contribution is 2.55. The summed E-state index contributed by atoms with van der Waals surface area (Å²) in [6, 6.07) is 11.6. The molecule has 6 heteroatoms. The van der Waals surface area contributed by atoms with E-state index in [0.29, 0.717) is 28.5 Å². The van der Waals surface area contributed by atoms with E-state index in [4.69, 9.17) is 29.8 Å². The van der Waals surface area contributed by atoms with Crippen molar-refractivity contribution in [2.45, 2.75) is 35.4 Å². The zero-order valence-corrected chi connectivity index (χ0v) is 15.3. The van der Waals surface area contributed by atoms with E-state index < -0.39 is 20.6 Å². The molecule has 1 aliphatic carbocycles. The van der Waals surface area contributed by atoms with E-state index in [-0.39, 0.29) is 4.90 Å². The van der Waals surface area contributed by atoms with Crippen LogP contribution in [0.2, 0.25) is 10.0 Å². The molecule has 0 spiro atoms. The maximum atomic E-state index is 13.2. The molecule has 1 aliphatic rings. The molecule has 0 N–H and O–H groups in total. The Labute approximate surface area is 152 Å². The Kier molecular flexibility index (Phi) is 4.37. The van der Waals surface area contributed by atoms with Gasteiger partial charge < -0.3 is 0 Å². The Morgan fingerprint density at radius 2 is 1.83 bits per heavy atom. The predicted molar refractivity (Wildman–Crippen MR) is 96.1 cm³/mol.